The van der Waals surface area contributed by atoms with Gasteiger partial charge in [0.25, 0.3) is 0 Å². The zero-order chi connectivity index (χ0) is 14.1. The zero-order valence-corrected chi connectivity index (χ0v) is 12.9. The van der Waals surface area contributed by atoms with Gasteiger partial charge in [-0.15, -0.1) is 0 Å². The lowest BCUT2D eigenvalue weighted by molar-refractivity contribution is -0.151. The highest BCUT2D eigenvalue weighted by atomic mass is 16.3. The van der Waals surface area contributed by atoms with Crippen LogP contribution in [0.1, 0.15) is 56.7 Å². The third kappa shape index (κ3) is 1.35. The van der Waals surface area contributed by atoms with Crippen LogP contribution in [0.5, 0.6) is 0 Å². The SMILES string of the molecule is Cc1cccc(C2(O)C3(C)CCC(C3)C2(C)C)c1C. The van der Waals surface area contributed by atoms with Gasteiger partial charge in [0.2, 0.25) is 0 Å². The summed E-state index contributed by atoms with van der Waals surface area (Å²) in [5, 5.41) is 11.7. The maximum absolute atomic E-state index is 11.7. The van der Waals surface area contributed by atoms with E-state index in [0.717, 1.165) is 6.42 Å². The summed E-state index contributed by atoms with van der Waals surface area (Å²) in [6, 6.07) is 6.39. The predicted molar refractivity (Wildman–Crippen MR) is 79.0 cm³/mol. The van der Waals surface area contributed by atoms with Crippen LogP contribution in [0.4, 0.5) is 0 Å². The molecule has 3 rings (SSSR count). The Kier molecular flexibility index (Phi) is 2.52. The second kappa shape index (κ2) is 3.63. The molecule has 1 heteroatoms. The van der Waals surface area contributed by atoms with Gasteiger partial charge in [-0.2, -0.15) is 0 Å². The first-order chi connectivity index (χ1) is 8.74. The van der Waals surface area contributed by atoms with Crippen molar-refractivity contribution < 1.29 is 5.11 Å². The molecule has 0 heterocycles. The smallest absolute Gasteiger partial charge is 0.101 e. The molecule has 3 unspecified atom stereocenters. The highest BCUT2D eigenvalue weighted by molar-refractivity contribution is 5.42. The van der Waals surface area contributed by atoms with E-state index < -0.39 is 5.60 Å². The van der Waals surface area contributed by atoms with E-state index in [9.17, 15) is 5.11 Å². The Hall–Kier alpha value is -0.820. The predicted octanol–water partition coefficient (Wildman–Crippen LogP) is 4.34. The first-order valence-corrected chi connectivity index (χ1v) is 7.53. The molecule has 3 atom stereocenters. The van der Waals surface area contributed by atoms with Crippen molar-refractivity contribution in [3.05, 3.63) is 34.9 Å². The van der Waals surface area contributed by atoms with E-state index in [1.54, 1.807) is 0 Å². The summed E-state index contributed by atoms with van der Waals surface area (Å²) >= 11 is 0. The van der Waals surface area contributed by atoms with Crippen molar-refractivity contribution in [2.75, 3.05) is 0 Å². The molecule has 2 fully saturated rings. The van der Waals surface area contributed by atoms with Gasteiger partial charge in [-0.25, -0.2) is 0 Å². The van der Waals surface area contributed by atoms with Crippen LogP contribution in [-0.4, -0.2) is 5.11 Å². The molecule has 2 aliphatic rings. The minimum absolute atomic E-state index is 0.0292. The van der Waals surface area contributed by atoms with Crippen molar-refractivity contribution in [3.63, 3.8) is 0 Å². The second-order valence-corrected chi connectivity index (χ2v) is 7.68. The Morgan fingerprint density at radius 1 is 1.16 bits per heavy atom. The standard InChI is InChI=1S/C18H26O/c1-12-7-6-8-15(13(12)2)18(19)16(3,4)14-9-10-17(18,5)11-14/h6-8,14,19H,9-11H2,1-5H3. The fourth-order valence-electron chi connectivity index (χ4n) is 5.07. The molecule has 104 valence electrons. The number of aliphatic hydroxyl groups is 1. The van der Waals surface area contributed by atoms with Gasteiger partial charge in [-0.05, 0) is 55.7 Å². The molecule has 1 aromatic rings. The molecule has 0 aromatic heterocycles. The summed E-state index contributed by atoms with van der Waals surface area (Å²) < 4.78 is 0. The first-order valence-electron chi connectivity index (χ1n) is 7.53. The molecule has 2 saturated carbocycles. The minimum atomic E-state index is -0.682. The number of fused-ring (bicyclic) bond motifs is 2. The van der Waals surface area contributed by atoms with Crippen molar-refractivity contribution in [1.82, 2.24) is 0 Å². The first kappa shape index (κ1) is 13.2. The fourth-order valence-corrected chi connectivity index (χ4v) is 5.07. The zero-order valence-electron chi connectivity index (χ0n) is 12.9. The van der Waals surface area contributed by atoms with Crippen LogP contribution in [0.15, 0.2) is 18.2 Å². The van der Waals surface area contributed by atoms with E-state index >= 15 is 0 Å². The molecule has 0 radical (unpaired) electrons. The average Bonchev–Trinajstić information content (AvgIpc) is 2.81. The molecule has 0 amide bonds. The Labute approximate surface area is 117 Å². The van der Waals surface area contributed by atoms with Gasteiger partial charge in [-0.1, -0.05) is 39.0 Å². The van der Waals surface area contributed by atoms with Gasteiger partial charge in [-0.3, -0.25) is 0 Å². The van der Waals surface area contributed by atoms with Gasteiger partial charge in [0.15, 0.2) is 0 Å². The third-order valence-corrected chi connectivity index (χ3v) is 6.56. The van der Waals surface area contributed by atoms with Crippen LogP contribution in [0.3, 0.4) is 0 Å². The summed E-state index contributed by atoms with van der Waals surface area (Å²) in [5.74, 6) is 0.655. The van der Waals surface area contributed by atoms with Gasteiger partial charge < -0.3 is 5.11 Å². The van der Waals surface area contributed by atoms with Crippen LogP contribution >= 0.6 is 0 Å². The highest BCUT2D eigenvalue weighted by Gasteiger charge is 2.69. The summed E-state index contributed by atoms with van der Waals surface area (Å²) in [7, 11) is 0. The van der Waals surface area contributed by atoms with Crippen LogP contribution in [0.25, 0.3) is 0 Å². The number of aryl methyl sites for hydroxylation is 1. The number of hydrogen-bond donors (Lipinski definition) is 1. The number of hydrogen-bond acceptors (Lipinski definition) is 1. The van der Waals surface area contributed by atoms with E-state index in [4.69, 9.17) is 0 Å². The molecular weight excluding hydrogens is 232 g/mol. The third-order valence-electron chi connectivity index (χ3n) is 6.56. The van der Waals surface area contributed by atoms with Crippen molar-refractivity contribution in [1.29, 1.82) is 0 Å². The van der Waals surface area contributed by atoms with Gasteiger partial charge >= 0.3 is 0 Å². The summed E-state index contributed by atoms with van der Waals surface area (Å²) in [6.45, 7) is 11.1. The molecule has 0 aliphatic heterocycles. The Bertz CT molecular complexity index is 524. The molecule has 0 spiro atoms. The summed E-state index contributed by atoms with van der Waals surface area (Å²) in [6.07, 6.45) is 3.60. The van der Waals surface area contributed by atoms with Crippen LogP contribution < -0.4 is 0 Å². The Morgan fingerprint density at radius 3 is 2.42 bits per heavy atom. The van der Waals surface area contributed by atoms with Crippen LogP contribution in [0, 0.1) is 30.6 Å². The van der Waals surface area contributed by atoms with E-state index in [2.05, 4.69) is 52.8 Å². The van der Waals surface area contributed by atoms with E-state index in [1.807, 2.05) is 0 Å². The highest BCUT2D eigenvalue weighted by Crippen LogP contribution is 2.72. The summed E-state index contributed by atoms with van der Waals surface area (Å²) in [4.78, 5) is 0. The largest absolute Gasteiger partial charge is 0.384 e. The molecule has 2 aliphatic carbocycles. The molecule has 1 N–H and O–H groups in total. The van der Waals surface area contributed by atoms with E-state index in [1.165, 1.54) is 29.5 Å². The number of rotatable bonds is 1. The quantitative estimate of drug-likeness (QED) is 0.794. The van der Waals surface area contributed by atoms with Gasteiger partial charge in [0, 0.05) is 10.8 Å². The average molecular weight is 258 g/mol. The van der Waals surface area contributed by atoms with Crippen LogP contribution in [0.2, 0.25) is 0 Å². The van der Waals surface area contributed by atoms with Crippen molar-refractivity contribution in [2.24, 2.45) is 16.7 Å². The lowest BCUT2D eigenvalue weighted by Gasteiger charge is -2.51. The van der Waals surface area contributed by atoms with Crippen molar-refractivity contribution in [3.8, 4) is 0 Å². The fraction of sp³-hybridized carbons (Fsp3) is 0.667. The number of benzene rings is 1. The Balaban J connectivity index is 2.25. The van der Waals surface area contributed by atoms with Crippen molar-refractivity contribution in [2.45, 2.75) is 59.5 Å². The topological polar surface area (TPSA) is 20.2 Å². The minimum Gasteiger partial charge on any atom is -0.384 e. The lowest BCUT2D eigenvalue weighted by atomic mass is 9.57. The second-order valence-electron chi connectivity index (χ2n) is 7.68. The molecule has 0 saturated heterocycles. The monoisotopic (exact) mass is 258 g/mol. The van der Waals surface area contributed by atoms with Gasteiger partial charge in [0.05, 0.1) is 0 Å². The van der Waals surface area contributed by atoms with E-state index in [-0.39, 0.29) is 10.8 Å². The maximum Gasteiger partial charge on any atom is 0.101 e. The van der Waals surface area contributed by atoms with Crippen LogP contribution in [-0.2, 0) is 5.60 Å². The van der Waals surface area contributed by atoms with E-state index in [0.29, 0.717) is 5.92 Å². The maximum atomic E-state index is 11.7. The molecule has 1 aromatic carbocycles. The summed E-state index contributed by atoms with van der Waals surface area (Å²) in [5.41, 5.74) is 3.05. The molecule has 2 bridgehead atoms. The lowest BCUT2D eigenvalue weighted by Crippen LogP contribution is -2.51. The molecular formula is C18H26O. The van der Waals surface area contributed by atoms with Crippen molar-refractivity contribution >= 4 is 0 Å². The Morgan fingerprint density at radius 2 is 1.84 bits per heavy atom. The molecule has 1 nitrogen and oxygen atoms in total. The molecule has 19 heavy (non-hydrogen) atoms. The van der Waals surface area contributed by atoms with Gasteiger partial charge in [0.1, 0.15) is 5.60 Å². The normalized spacial score (nSPS) is 39.8.